The van der Waals surface area contributed by atoms with Gasteiger partial charge in [-0.1, -0.05) is 6.07 Å². The van der Waals surface area contributed by atoms with Gasteiger partial charge in [0.15, 0.2) is 0 Å². The zero-order chi connectivity index (χ0) is 12.0. The van der Waals surface area contributed by atoms with Crippen LogP contribution in [-0.4, -0.2) is 22.1 Å². The second kappa shape index (κ2) is 5.90. The molecule has 16 heavy (non-hydrogen) atoms. The van der Waals surface area contributed by atoms with Crippen molar-refractivity contribution >= 4 is 46.6 Å². The molecule has 0 spiro atoms. The Morgan fingerprint density at radius 3 is 1.81 bits per heavy atom. The summed E-state index contributed by atoms with van der Waals surface area (Å²) in [4.78, 5) is 29.2. The first-order valence-corrected chi connectivity index (χ1v) is 4.85. The molecule has 4 nitrogen and oxygen atoms in total. The van der Waals surface area contributed by atoms with Crippen molar-refractivity contribution in [3.8, 4) is 0 Å². The fourth-order valence-electron chi connectivity index (χ4n) is 0.997. The lowest BCUT2D eigenvalue weighted by molar-refractivity contribution is 0.100. The van der Waals surface area contributed by atoms with Gasteiger partial charge >= 0.3 is 0 Å². The van der Waals surface area contributed by atoms with Gasteiger partial charge in [0.05, 0.1) is 10.3 Å². The monoisotopic (exact) mass is 248 g/mol. The molecule has 0 saturated carbocycles. The summed E-state index contributed by atoms with van der Waals surface area (Å²) < 4.78 is 0. The molecule has 6 heteroatoms. The number of isothiocyanates is 2. The van der Waals surface area contributed by atoms with E-state index in [1.54, 1.807) is 0 Å². The summed E-state index contributed by atoms with van der Waals surface area (Å²) in [5, 5.41) is 3.92. The smallest absolute Gasteiger partial charge is 0.266 e. The number of amides is 2. The predicted octanol–water partition coefficient (Wildman–Crippen LogP) is 2.17. The molecule has 0 heterocycles. The molecule has 0 aliphatic carbocycles. The lowest BCUT2D eigenvalue weighted by atomic mass is 10.1. The normalized spacial score (nSPS) is 8.50. The minimum atomic E-state index is -0.559. The Morgan fingerprint density at radius 1 is 1.00 bits per heavy atom. The van der Waals surface area contributed by atoms with Gasteiger partial charge in [-0.3, -0.25) is 9.59 Å². The number of benzene rings is 1. The van der Waals surface area contributed by atoms with E-state index in [1.807, 2.05) is 10.3 Å². The Labute approximate surface area is 102 Å². The minimum absolute atomic E-state index is 0.239. The van der Waals surface area contributed by atoms with E-state index >= 15 is 0 Å². The van der Waals surface area contributed by atoms with E-state index in [-0.39, 0.29) is 11.1 Å². The van der Waals surface area contributed by atoms with Crippen LogP contribution >= 0.6 is 24.4 Å². The molecule has 0 fully saturated rings. The molecular formula is C10H4N2O2S2. The standard InChI is InChI=1S/C10H4N2O2S2/c13-9(11-5-15)7-2-1-3-8(4-7)10(14)12-6-16/h1-4H. The molecule has 78 valence electrons. The van der Waals surface area contributed by atoms with Crippen LogP contribution in [0.15, 0.2) is 34.3 Å². The Balaban J connectivity index is 3.13. The first-order valence-electron chi connectivity index (χ1n) is 4.03. The molecule has 0 N–H and O–H groups in total. The Hall–Kier alpha value is -1.84. The molecule has 0 aliphatic heterocycles. The van der Waals surface area contributed by atoms with Crippen LogP contribution in [0.5, 0.6) is 0 Å². The van der Waals surface area contributed by atoms with Crippen LogP contribution in [0.2, 0.25) is 0 Å². The number of hydrogen-bond acceptors (Lipinski definition) is 4. The fraction of sp³-hybridized carbons (Fsp3) is 0. The van der Waals surface area contributed by atoms with Gasteiger partial charge in [0.2, 0.25) is 0 Å². The summed E-state index contributed by atoms with van der Waals surface area (Å²) in [5.41, 5.74) is 0.477. The Morgan fingerprint density at radius 2 is 1.44 bits per heavy atom. The van der Waals surface area contributed by atoms with Crippen molar-refractivity contribution in [2.24, 2.45) is 9.98 Å². The van der Waals surface area contributed by atoms with Crippen molar-refractivity contribution in [2.75, 3.05) is 0 Å². The predicted molar refractivity (Wildman–Crippen MR) is 65.2 cm³/mol. The zero-order valence-electron chi connectivity index (χ0n) is 7.84. The lowest BCUT2D eigenvalue weighted by Crippen LogP contribution is -1.99. The van der Waals surface area contributed by atoms with Gasteiger partial charge in [-0.05, 0) is 42.6 Å². The quantitative estimate of drug-likeness (QED) is 0.594. The van der Waals surface area contributed by atoms with Gasteiger partial charge in [-0.2, -0.15) is 9.98 Å². The number of aliphatic imine (C=N–C) groups is 2. The van der Waals surface area contributed by atoms with Gasteiger partial charge in [0.1, 0.15) is 0 Å². The first kappa shape index (κ1) is 12.2. The number of carbonyl (C=O) groups is 2. The van der Waals surface area contributed by atoms with Crippen molar-refractivity contribution in [1.82, 2.24) is 0 Å². The van der Waals surface area contributed by atoms with Crippen LogP contribution in [-0.2, 0) is 0 Å². The highest BCUT2D eigenvalue weighted by Gasteiger charge is 2.08. The Bertz CT molecular complexity index is 496. The third kappa shape index (κ3) is 3.08. The molecule has 0 bridgehead atoms. The molecule has 1 aromatic rings. The number of carbonyl (C=O) groups excluding carboxylic acids is 2. The Kier molecular flexibility index (Phi) is 4.51. The highest BCUT2D eigenvalue weighted by molar-refractivity contribution is 7.78. The molecule has 0 aromatic heterocycles. The highest BCUT2D eigenvalue weighted by atomic mass is 32.1. The maximum atomic E-state index is 11.3. The van der Waals surface area contributed by atoms with Crippen LogP contribution < -0.4 is 0 Å². The fourth-order valence-corrected chi connectivity index (χ4v) is 1.16. The third-order valence-electron chi connectivity index (χ3n) is 1.65. The van der Waals surface area contributed by atoms with E-state index in [1.165, 1.54) is 24.3 Å². The van der Waals surface area contributed by atoms with Crippen molar-refractivity contribution in [2.45, 2.75) is 0 Å². The number of thiocarbonyl (C=S) groups is 2. The van der Waals surface area contributed by atoms with Gasteiger partial charge in [-0.25, -0.2) is 0 Å². The molecule has 0 saturated heterocycles. The van der Waals surface area contributed by atoms with E-state index in [4.69, 9.17) is 0 Å². The molecular weight excluding hydrogens is 244 g/mol. The van der Waals surface area contributed by atoms with Gasteiger partial charge in [0.25, 0.3) is 11.8 Å². The molecule has 2 amide bonds. The maximum absolute atomic E-state index is 11.3. The third-order valence-corrected chi connectivity index (χ3v) is 1.83. The van der Waals surface area contributed by atoms with E-state index in [2.05, 4.69) is 34.4 Å². The first-order chi connectivity index (χ1) is 7.69. The van der Waals surface area contributed by atoms with Gasteiger partial charge in [-0.15, -0.1) is 0 Å². The average molecular weight is 248 g/mol. The van der Waals surface area contributed by atoms with Crippen molar-refractivity contribution in [3.05, 3.63) is 35.4 Å². The van der Waals surface area contributed by atoms with E-state index in [9.17, 15) is 9.59 Å². The van der Waals surface area contributed by atoms with Crippen LogP contribution in [0.3, 0.4) is 0 Å². The number of nitrogens with zero attached hydrogens (tertiary/aromatic N) is 2. The molecule has 0 atom stereocenters. The summed E-state index contributed by atoms with van der Waals surface area (Å²) in [6.45, 7) is 0. The SMILES string of the molecule is O=C(N=C=S)c1cccc(C(=O)N=C=S)c1. The van der Waals surface area contributed by atoms with Crippen LogP contribution in [0.4, 0.5) is 0 Å². The molecule has 0 aliphatic rings. The lowest BCUT2D eigenvalue weighted by Gasteiger charge is -1.96. The van der Waals surface area contributed by atoms with Crippen molar-refractivity contribution in [3.63, 3.8) is 0 Å². The summed E-state index contributed by atoms with van der Waals surface area (Å²) in [6, 6.07) is 5.92. The average Bonchev–Trinajstić information content (AvgIpc) is 2.30. The largest absolute Gasteiger partial charge is 0.285 e. The van der Waals surface area contributed by atoms with E-state index < -0.39 is 11.8 Å². The topological polar surface area (TPSA) is 58.9 Å². The number of rotatable bonds is 2. The summed E-state index contributed by atoms with van der Waals surface area (Å²) in [7, 11) is 0. The summed E-state index contributed by atoms with van der Waals surface area (Å²) in [6.07, 6.45) is 0. The minimum Gasteiger partial charge on any atom is -0.266 e. The second-order valence-corrected chi connectivity index (χ2v) is 2.96. The van der Waals surface area contributed by atoms with Gasteiger partial charge in [0, 0.05) is 11.1 Å². The van der Waals surface area contributed by atoms with Gasteiger partial charge < -0.3 is 0 Å². The molecule has 1 aromatic carbocycles. The summed E-state index contributed by atoms with van der Waals surface area (Å²) >= 11 is 8.62. The summed E-state index contributed by atoms with van der Waals surface area (Å²) in [5.74, 6) is -1.12. The molecule has 0 unspecified atom stereocenters. The van der Waals surface area contributed by atoms with Crippen LogP contribution in [0.1, 0.15) is 20.7 Å². The van der Waals surface area contributed by atoms with Crippen molar-refractivity contribution in [1.29, 1.82) is 0 Å². The van der Waals surface area contributed by atoms with Crippen LogP contribution in [0.25, 0.3) is 0 Å². The maximum Gasteiger partial charge on any atom is 0.285 e. The molecule has 0 radical (unpaired) electrons. The van der Waals surface area contributed by atoms with E-state index in [0.29, 0.717) is 0 Å². The highest BCUT2D eigenvalue weighted by Crippen LogP contribution is 2.07. The zero-order valence-corrected chi connectivity index (χ0v) is 9.47. The van der Waals surface area contributed by atoms with Crippen LogP contribution in [0, 0.1) is 0 Å². The second-order valence-electron chi connectivity index (χ2n) is 2.60. The van der Waals surface area contributed by atoms with Crippen molar-refractivity contribution < 1.29 is 9.59 Å². The molecule has 1 rings (SSSR count). The number of hydrogen-bond donors (Lipinski definition) is 0. The van der Waals surface area contributed by atoms with E-state index in [0.717, 1.165) is 0 Å².